The zero-order valence-corrected chi connectivity index (χ0v) is 13.7. The first-order valence-corrected chi connectivity index (χ1v) is 7.67. The molecule has 0 unspecified atom stereocenters. The molecule has 2 rings (SSSR count). The largest absolute Gasteiger partial charge is 0.468 e. The van der Waals surface area contributed by atoms with E-state index in [4.69, 9.17) is 9.15 Å². The third-order valence-electron chi connectivity index (χ3n) is 3.73. The molecule has 0 bridgehead atoms. The quantitative estimate of drug-likeness (QED) is 0.818. The highest BCUT2D eigenvalue weighted by molar-refractivity contribution is 5.18. The van der Waals surface area contributed by atoms with Crippen LogP contribution in [0.5, 0.6) is 0 Å². The monoisotopic (exact) mass is 292 g/mol. The van der Waals surface area contributed by atoms with E-state index < -0.39 is 0 Å². The first-order valence-electron chi connectivity index (χ1n) is 7.67. The molecule has 0 radical (unpaired) electrons. The highest BCUT2D eigenvalue weighted by Gasteiger charge is 2.16. The van der Waals surface area contributed by atoms with E-state index >= 15 is 0 Å². The van der Waals surface area contributed by atoms with Crippen LogP contribution in [0.3, 0.4) is 0 Å². The number of ether oxygens (including phenoxy) is 1. The van der Waals surface area contributed by atoms with E-state index in [-0.39, 0.29) is 5.54 Å². The molecule has 0 aliphatic carbocycles. The fraction of sp³-hybridized carbons (Fsp3) is 0.647. The Balaban J connectivity index is 1.88. The summed E-state index contributed by atoms with van der Waals surface area (Å²) in [6.07, 6.45) is 5.19. The molecule has 1 aromatic heterocycles. The number of hydrogen-bond acceptors (Lipinski definition) is 4. The molecular weight excluding hydrogens is 264 g/mol. The molecule has 0 saturated heterocycles. The van der Waals surface area contributed by atoms with Crippen LogP contribution in [-0.4, -0.2) is 37.2 Å². The Kier molecular flexibility index (Phi) is 5.62. The lowest BCUT2D eigenvalue weighted by molar-refractivity contribution is 0.210. The van der Waals surface area contributed by atoms with Gasteiger partial charge in [0, 0.05) is 37.8 Å². The van der Waals surface area contributed by atoms with Crippen LogP contribution in [0.2, 0.25) is 0 Å². The third-order valence-corrected chi connectivity index (χ3v) is 3.73. The number of nitrogens with zero attached hydrogens (tertiary/aromatic N) is 1. The second-order valence-electron chi connectivity index (χ2n) is 6.75. The van der Waals surface area contributed by atoms with E-state index in [1.165, 1.54) is 11.1 Å². The van der Waals surface area contributed by atoms with Crippen LogP contribution in [0.25, 0.3) is 0 Å². The fourth-order valence-corrected chi connectivity index (χ4v) is 2.46. The maximum absolute atomic E-state index is 5.64. The molecule has 1 N–H and O–H groups in total. The molecule has 21 heavy (non-hydrogen) atoms. The van der Waals surface area contributed by atoms with Crippen LogP contribution in [0.15, 0.2) is 28.4 Å². The van der Waals surface area contributed by atoms with Crippen LogP contribution < -0.4 is 5.32 Å². The van der Waals surface area contributed by atoms with Crippen molar-refractivity contribution in [3.63, 3.8) is 0 Å². The minimum absolute atomic E-state index is 0.104. The number of nitrogens with one attached hydrogen (secondary N) is 1. The molecule has 1 aromatic rings. The Morgan fingerprint density at radius 1 is 1.38 bits per heavy atom. The van der Waals surface area contributed by atoms with Crippen molar-refractivity contribution >= 4 is 0 Å². The standard InChI is InChI=1S/C17H28N2O2/c1-17(2,3)18-11-16-15(7-10-21-16)12-19-8-5-14(6-9-19)13-20-4/h5,7,10,18H,6,8-9,11-13H2,1-4H3. The van der Waals surface area contributed by atoms with Crippen LogP contribution in [0.1, 0.15) is 38.5 Å². The van der Waals surface area contributed by atoms with Gasteiger partial charge in [-0.25, -0.2) is 0 Å². The summed E-state index contributed by atoms with van der Waals surface area (Å²) in [4.78, 5) is 2.45. The predicted octanol–water partition coefficient (Wildman–Crippen LogP) is 2.95. The van der Waals surface area contributed by atoms with Gasteiger partial charge in [0.05, 0.1) is 19.4 Å². The van der Waals surface area contributed by atoms with Gasteiger partial charge in [-0.05, 0) is 38.8 Å². The van der Waals surface area contributed by atoms with Gasteiger partial charge in [0.25, 0.3) is 0 Å². The minimum atomic E-state index is 0.104. The Morgan fingerprint density at radius 3 is 2.81 bits per heavy atom. The SMILES string of the molecule is COCC1=CCN(Cc2ccoc2CNC(C)(C)C)CC1. The van der Waals surface area contributed by atoms with Gasteiger partial charge in [-0.2, -0.15) is 0 Å². The average molecular weight is 292 g/mol. The van der Waals surface area contributed by atoms with E-state index in [0.717, 1.165) is 45.0 Å². The van der Waals surface area contributed by atoms with Crippen molar-refractivity contribution in [1.29, 1.82) is 0 Å². The Bertz CT molecular complexity index is 471. The number of furan rings is 1. The maximum Gasteiger partial charge on any atom is 0.122 e. The first kappa shape index (κ1) is 16.3. The second-order valence-corrected chi connectivity index (χ2v) is 6.75. The lowest BCUT2D eigenvalue weighted by Gasteiger charge is -2.26. The van der Waals surface area contributed by atoms with Gasteiger partial charge in [0.15, 0.2) is 0 Å². The van der Waals surface area contributed by atoms with Crippen molar-refractivity contribution < 1.29 is 9.15 Å². The fourth-order valence-electron chi connectivity index (χ4n) is 2.46. The van der Waals surface area contributed by atoms with Crippen molar-refractivity contribution in [3.8, 4) is 0 Å². The van der Waals surface area contributed by atoms with E-state index in [9.17, 15) is 0 Å². The average Bonchev–Trinajstić information content (AvgIpc) is 2.86. The highest BCUT2D eigenvalue weighted by atomic mass is 16.5. The summed E-state index contributed by atoms with van der Waals surface area (Å²) in [7, 11) is 1.76. The van der Waals surface area contributed by atoms with E-state index in [1.54, 1.807) is 13.4 Å². The van der Waals surface area contributed by atoms with Gasteiger partial charge in [0.2, 0.25) is 0 Å². The van der Waals surface area contributed by atoms with Gasteiger partial charge < -0.3 is 14.5 Å². The molecule has 4 nitrogen and oxygen atoms in total. The zero-order valence-electron chi connectivity index (χ0n) is 13.7. The molecule has 118 valence electrons. The van der Waals surface area contributed by atoms with E-state index in [2.05, 4.69) is 43.1 Å². The topological polar surface area (TPSA) is 37.6 Å². The minimum Gasteiger partial charge on any atom is -0.468 e. The molecular formula is C17H28N2O2. The van der Waals surface area contributed by atoms with Gasteiger partial charge in [-0.15, -0.1) is 0 Å². The lowest BCUT2D eigenvalue weighted by Crippen LogP contribution is -2.35. The van der Waals surface area contributed by atoms with Crippen LogP contribution in [0, 0.1) is 0 Å². The summed E-state index contributed by atoms with van der Waals surface area (Å²) < 4.78 is 10.8. The van der Waals surface area contributed by atoms with Crippen molar-refractivity contribution in [2.75, 3.05) is 26.8 Å². The molecule has 1 aliphatic heterocycles. The van der Waals surface area contributed by atoms with Crippen LogP contribution in [0.4, 0.5) is 0 Å². The van der Waals surface area contributed by atoms with Gasteiger partial charge in [0.1, 0.15) is 5.76 Å². The molecule has 1 aliphatic rings. The van der Waals surface area contributed by atoms with Gasteiger partial charge in [-0.3, -0.25) is 4.90 Å². The molecule has 2 heterocycles. The van der Waals surface area contributed by atoms with Gasteiger partial charge in [-0.1, -0.05) is 6.08 Å². The van der Waals surface area contributed by atoms with Crippen molar-refractivity contribution in [1.82, 2.24) is 10.2 Å². The summed E-state index contributed by atoms with van der Waals surface area (Å²) in [6, 6.07) is 2.09. The van der Waals surface area contributed by atoms with Gasteiger partial charge >= 0.3 is 0 Å². The number of hydrogen-bond donors (Lipinski definition) is 1. The molecule has 0 atom stereocenters. The number of rotatable bonds is 6. The Labute approximate surface area is 128 Å². The normalized spacial score (nSPS) is 17.0. The molecule has 0 aromatic carbocycles. The Morgan fingerprint density at radius 2 is 2.19 bits per heavy atom. The van der Waals surface area contributed by atoms with E-state index in [1.807, 2.05) is 0 Å². The highest BCUT2D eigenvalue weighted by Crippen LogP contribution is 2.18. The van der Waals surface area contributed by atoms with Crippen LogP contribution in [-0.2, 0) is 17.8 Å². The first-order chi connectivity index (χ1) is 9.98. The molecule has 0 fully saturated rings. The summed E-state index contributed by atoms with van der Waals surface area (Å²) in [6.45, 7) is 11.1. The predicted molar refractivity (Wildman–Crippen MR) is 85.2 cm³/mol. The number of methoxy groups -OCH3 is 1. The molecule has 0 spiro atoms. The Hall–Kier alpha value is -1.10. The smallest absolute Gasteiger partial charge is 0.122 e. The molecule has 0 amide bonds. The van der Waals surface area contributed by atoms with Crippen molar-refractivity contribution in [2.45, 2.75) is 45.8 Å². The molecule has 4 heteroatoms. The summed E-state index contributed by atoms with van der Waals surface area (Å²) in [5.41, 5.74) is 2.80. The molecule has 0 saturated carbocycles. The summed E-state index contributed by atoms with van der Waals surface area (Å²) in [5, 5.41) is 3.48. The summed E-state index contributed by atoms with van der Waals surface area (Å²) in [5.74, 6) is 1.05. The third kappa shape index (κ3) is 5.30. The van der Waals surface area contributed by atoms with Crippen molar-refractivity contribution in [3.05, 3.63) is 35.3 Å². The maximum atomic E-state index is 5.64. The summed E-state index contributed by atoms with van der Waals surface area (Å²) >= 11 is 0. The second kappa shape index (κ2) is 7.25. The lowest BCUT2D eigenvalue weighted by atomic mass is 10.1. The van der Waals surface area contributed by atoms with E-state index in [0.29, 0.717) is 0 Å². The van der Waals surface area contributed by atoms with Crippen molar-refractivity contribution in [2.24, 2.45) is 0 Å². The van der Waals surface area contributed by atoms with Crippen LogP contribution >= 0.6 is 0 Å². The zero-order chi connectivity index (χ0) is 15.3.